The molecule has 3 N–H and O–H groups in total. The molecule has 0 fully saturated rings. The van der Waals surface area contributed by atoms with E-state index in [1.807, 2.05) is 0 Å². The zero-order valence-corrected chi connectivity index (χ0v) is 11.1. The molecule has 0 aromatic heterocycles. The highest BCUT2D eigenvalue weighted by atomic mass is 32.2. The summed E-state index contributed by atoms with van der Waals surface area (Å²) in [5.41, 5.74) is 4.13. The first-order valence-electron chi connectivity index (χ1n) is 5.62. The Labute approximate surface area is 114 Å². The molecule has 1 aromatic carbocycles. The van der Waals surface area contributed by atoms with Crippen molar-refractivity contribution in [3.05, 3.63) is 33.9 Å². The molecule has 0 heterocycles. The molecule has 0 aliphatic rings. The number of nitro groups is 1. The van der Waals surface area contributed by atoms with Gasteiger partial charge in [-0.25, -0.2) is 17.5 Å². The van der Waals surface area contributed by atoms with Crippen LogP contribution in [0.2, 0.25) is 0 Å². The third kappa shape index (κ3) is 3.92. The van der Waals surface area contributed by atoms with Gasteiger partial charge in [0, 0.05) is 18.7 Å². The molecule has 0 spiro atoms. The Bertz CT molecular complexity index is 607. The van der Waals surface area contributed by atoms with Gasteiger partial charge in [-0.3, -0.25) is 10.1 Å². The molecule has 20 heavy (non-hydrogen) atoms. The molecule has 0 saturated carbocycles. The maximum Gasteiger partial charge on any atom is 0.306 e. The molecule has 0 atom stereocenters. The Morgan fingerprint density at radius 1 is 1.25 bits per heavy atom. The van der Waals surface area contributed by atoms with Crippen molar-refractivity contribution in [3.63, 3.8) is 0 Å². The number of rotatable bonds is 7. The third-order valence-electron chi connectivity index (χ3n) is 2.41. The van der Waals surface area contributed by atoms with E-state index in [1.54, 1.807) is 0 Å². The van der Waals surface area contributed by atoms with Gasteiger partial charge in [-0.1, -0.05) is 0 Å². The maximum atomic E-state index is 13.5. The molecule has 0 aliphatic carbocycles. The van der Waals surface area contributed by atoms with E-state index in [0.29, 0.717) is 25.5 Å². The van der Waals surface area contributed by atoms with Crippen LogP contribution in [0.3, 0.4) is 0 Å². The summed E-state index contributed by atoms with van der Waals surface area (Å²) in [4.78, 5) is 8.44. The average Bonchev–Trinajstić information content (AvgIpc) is 2.33. The first-order valence-corrected chi connectivity index (χ1v) is 7.11. The third-order valence-corrected chi connectivity index (χ3v) is 3.89. The predicted octanol–water partition coefficient (Wildman–Crippen LogP) is 0.890. The largest absolute Gasteiger partial charge is 0.330 e. The van der Waals surface area contributed by atoms with Gasteiger partial charge < -0.3 is 5.73 Å². The molecule has 0 amide bonds. The van der Waals surface area contributed by atoms with E-state index >= 15 is 0 Å². The van der Waals surface area contributed by atoms with E-state index < -0.39 is 37.2 Å². The molecule has 0 saturated heterocycles. The Morgan fingerprint density at radius 3 is 2.45 bits per heavy atom. The molecule has 7 nitrogen and oxygen atoms in total. The van der Waals surface area contributed by atoms with Gasteiger partial charge in [0.15, 0.2) is 0 Å². The van der Waals surface area contributed by atoms with Crippen molar-refractivity contribution >= 4 is 15.7 Å². The normalized spacial score (nSPS) is 11.6. The first-order chi connectivity index (χ1) is 9.29. The molecule has 0 unspecified atom stereocenters. The van der Waals surface area contributed by atoms with Gasteiger partial charge in [0.1, 0.15) is 10.7 Å². The summed E-state index contributed by atoms with van der Waals surface area (Å²) in [6, 6.07) is 0.530. The van der Waals surface area contributed by atoms with Crippen molar-refractivity contribution < 1.29 is 22.1 Å². The SMILES string of the molecule is NCCCCNS(=O)(=O)c1cc([N+](=O)[O-])c(F)cc1F. The highest BCUT2D eigenvalue weighted by Crippen LogP contribution is 2.24. The molecule has 0 bridgehead atoms. The van der Waals surface area contributed by atoms with Crippen molar-refractivity contribution in [2.24, 2.45) is 5.73 Å². The number of unbranched alkanes of at least 4 members (excludes halogenated alkanes) is 1. The number of hydrogen-bond acceptors (Lipinski definition) is 5. The van der Waals surface area contributed by atoms with E-state index in [4.69, 9.17) is 5.73 Å². The molecule has 1 aromatic rings. The average molecular weight is 309 g/mol. The summed E-state index contributed by atoms with van der Waals surface area (Å²) in [6.45, 7) is 0.377. The molecular formula is C10H13F2N3O4S. The molecule has 0 radical (unpaired) electrons. The minimum Gasteiger partial charge on any atom is -0.330 e. The fourth-order valence-electron chi connectivity index (χ4n) is 1.42. The van der Waals surface area contributed by atoms with Gasteiger partial charge in [-0.05, 0) is 19.4 Å². The van der Waals surface area contributed by atoms with Crippen LogP contribution in [-0.2, 0) is 10.0 Å². The van der Waals surface area contributed by atoms with E-state index in [1.165, 1.54) is 0 Å². The van der Waals surface area contributed by atoms with E-state index in [-0.39, 0.29) is 12.6 Å². The molecule has 112 valence electrons. The predicted molar refractivity (Wildman–Crippen MR) is 66.5 cm³/mol. The van der Waals surface area contributed by atoms with Crippen LogP contribution in [0.1, 0.15) is 12.8 Å². The first kappa shape index (κ1) is 16.4. The second-order valence-electron chi connectivity index (χ2n) is 3.88. The van der Waals surface area contributed by atoms with Crippen LogP contribution in [-0.4, -0.2) is 26.4 Å². The lowest BCUT2D eigenvalue weighted by Gasteiger charge is -2.07. The van der Waals surface area contributed by atoms with Gasteiger partial charge >= 0.3 is 5.69 Å². The maximum absolute atomic E-state index is 13.5. The standard InChI is InChI=1S/C10H13F2N3O4S/c11-7-5-8(12)10(6-9(7)15(16)17)20(18,19)14-4-2-1-3-13/h5-6,14H,1-4,13H2. The fourth-order valence-corrected chi connectivity index (χ4v) is 2.57. The lowest BCUT2D eigenvalue weighted by Crippen LogP contribution is -2.26. The van der Waals surface area contributed by atoms with Crippen LogP contribution >= 0.6 is 0 Å². The van der Waals surface area contributed by atoms with Crippen LogP contribution in [0.4, 0.5) is 14.5 Å². The van der Waals surface area contributed by atoms with Crippen molar-refractivity contribution in [2.75, 3.05) is 13.1 Å². The number of nitro benzene ring substituents is 1. The van der Waals surface area contributed by atoms with Gasteiger partial charge in [-0.2, -0.15) is 4.39 Å². The minimum absolute atomic E-state index is 0.00411. The van der Waals surface area contributed by atoms with Crippen LogP contribution in [0.5, 0.6) is 0 Å². The summed E-state index contributed by atoms with van der Waals surface area (Å²) in [6.07, 6.45) is 0.995. The smallest absolute Gasteiger partial charge is 0.306 e. The number of benzene rings is 1. The van der Waals surface area contributed by atoms with Gasteiger partial charge in [0.05, 0.1) is 4.92 Å². The zero-order chi connectivity index (χ0) is 15.3. The number of nitrogens with zero attached hydrogens (tertiary/aromatic N) is 1. The molecule has 0 aliphatic heterocycles. The summed E-state index contributed by atoms with van der Waals surface area (Å²) >= 11 is 0. The van der Waals surface area contributed by atoms with Crippen molar-refractivity contribution in [1.82, 2.24) is 4.72 Å². The summed E-state index contributed by atoms with van der Waals surface area (Å²) in [5.74, 6) is -2.82. The minimum atomic E-state index is -4.28. The van der Waals surface area contributed by atoms with Crippen LogP contribution in [0, 0.1) is 21.7 Å². The second-order valence-corrected chi connectivity index (χ2v) is 5.62. The Morgan fingerprint density at radius 2 is 1.90 bits per heavy atom. The second kappa shape index (κ2) is 6.68. The molecular weight excluding hydrogens is 296 g/mol. The number of sulfonamides is 1. The summed E-state index contributed by atoms with van der Waals surface area (Å²) in [5, 5.41) is 10.5. The van der Waals surface area contributed by atoms with Gasteiger partial charge in [0.25, 0.3) is 0 Å². The molecule has 1 rings (SSSR count). The van der Waals surface area contributed by atoms with Crippen LogP contribution in [0.25, 0.3) is 0 Å². The number of nitrogens with one attached hydrogen (secondary N) is 1. The Balaban J connectivity index is 3.05. The highest BCUT2D eigenvalue weighted by Gasteiger charge is 2.25. The number of hydrogen-bond donors (Lipinski definition) is 2. The quantitative estimate of drug-likeness (QED) is 0.441. The monoisotopic (exact) mass is 309 g/mol. The highest BCUT2D eigenvalue weighted by molar-refractivity contribution is 7.89. The summed E-state index contributed by atoms with van der Waals surface area (Å²) in [7, 11) is -4.28. The topological polar surface area (TPSA) is 115 Å². The fraction of sp³-hybridized carbons (Fsp3) is 0.400. The zero-order valence-electron chi connectivity index (χ0n) is 10.3. The van der Waals surface area contributed by atoms with Crippen molar-refractivity contribution in [2.45, 2.75) is 17.7 Å². The van der Waals surface area contributed by atoms with Gasteiger partial charge in [0.2, 0.25) is 15.8 Å². The lowest BCUT2D eigenvalue weighted by molar-refractivity contribution is -0.387. The van der Waals surface area contributed by atoms with Crippen molar-refractivity contribution in [3.8, 4) is 0 Å². The van der Waals surface area contributed by atoms with Crippen LogP contribution < -0.4 is 10.5 Å². The molecule has 10 heteroatoms. The number of nitrogens with two attached hydrogens (primary N) is 1. The Kier molecular flexibility index (Phi) is 5.48. The van der Waals surface area contributed by atoms with Gasteiger partial charge in [-0.15, -0.1) is 0 Å². The van der Waals surface area contributed by atoms with E-state index in [0.717, 1.165) is 0 Å². The summed E-state index contributed by atoms with van der Waals surface area (Å²) < 4.78 is 52.2. The van der Waals surface area contributed by atoms with Crippen LogP contribution in [0.15, 0.2) is 17.0 Å². The number of halogens is 2. The van der Waals surface area contributed by atoms with Crippen molar-refractivity contribution in [1.29, 1.82) is 0 Å². The lowest BCUT2D eigenvalue weighted by atomic mass is 10.3. The van der Waals surface area contributed by atoms with E-state index in [9.17, 15) is 27.3 Å². The Hall–Kier alpha value is -1.65. The van der Waals surface area contributed by atoms with E-state index in [2.05, 4.69) is 4.72 Å².